The van der Waals surface area contributed by atoms with Gasteiger partial charge in [-0.25, -0.2) is 4.79 Å². The van der Waals surface area contributed by atoms with E-state index in [4.69, 9.17) is 10.5 Å². The third-order valence-electron chi connectivity index (χ3n) is 4.95. The van der Waals surface area contributed by atoms with E-state index in [2.05, 4.69) is 5.32 Å². The Hall–Kier alpha value is -0.770. The molecule has 0 aromatic rings. The molecule has 17 heavy (non-hydrogen) atoms. The van der Waals surface area contributed by atoms with E-state index in [-0.39, 0.29) is 0 Å². The summed E-state index contributed by atoms with van der Waals surface area (Å²) < 4.78 is 4.76. The van der Waals surface area contributed by atoms with Crippen LogP contribution in [0.3, 0.4) is 0 Å². The van der Waals surface area contributed by atoms with Gasteiger partial charge in [-0.15, -0.1) is 0 Å². The van der Waals surface area contributed by atoms with Crippen LogP contribution in [0.25, 0.3) is 0 Å². The van der Waals surface area contributed by atoms with Gasteiger partial charge in [-0.05, 0) is 55.8 Å². The van der Waals surface area contributed by atoms with Crippen molar-refractivity contribution in [2.75, 3.05) is 13.2 Å². The van der Waals surface area contributed by atoms with Crippen LogP contribution in [-0.2, 0) is 4.74 Å². The standard InChI is InChI=1S/C13H22N2O2/c14-13(16)17-2-1-15-12-10-4-8-3-9(6-10)7-11(12)5-8/h8-12,15H,1-7H2,(H2,14,16). The Morgan fingerprint density at radius 1 is 1.12 bits per heavy atom. The Kier molecular flexibility index (Phi) is 2.99. The average molecular weight is 238 g/mol. The molecular weight excluding hydrogens is 216 g/mol. The zero-order valence-electron chi connectivity index (χ0n) is 10.2. The van der Waals surface area contributed by atoms with Crippen LogP contribution in [0.15, 0.2) is 0 Å². The molecule has 0 aromatic carbocycles. The van der Waals surface area contributed by atoms with Crippen LogP contribution < -0.4 is 11.1 Å². The highest BCUT2D eigenvalue weighted by Crippen LogP contribution is 2.53. The van der Waals surface area contributed by atoms with E-state index in [1.54, 1.807) is 0 Å². The molecule has 0 aliphatic heterocycles. The number of nitrogens with one attached hydrogen (secondary N) is 1. The van der Waals surface area contributed by atoms with Crippen molar-refractivity contribution in [3.8, 4) is 0 Å². The Morgan fingerprint density at radius 2 is 1.71 bits per heavy atom. The van der Waals surface area contributed by atoms with Crippen molar-refractivity contribution < 1.29 is 9.53 Å². The second-order valence-electron chi connectivity index (χ2n) is 6.08. The fourth-order valence-electron chi connectivity index (χ4n) is 4.64. The lowest BCUT2D eigenvalue weighted by Crippen LogP contribution is -2.55. The van der Waals surface area contributed by atoms with Gasteiger partial charge >= 0.3 is 6.09 Å². The van der Waals surface area contributed by atoms with Crippen molar-refractivity contribution in [3.05, 3.63) is 0 Å². The van der Waals surface area contributed by atoms with E-state index >= 15 is 0 Å². The molecule has 4 heteroatoms. The summed E-state index contributed by atoms with van der Waals surface area (Å²) in [6.45, 7) is 1.15. The van der Waals surface area contributed by atoms with Gasteiger partial charge < -0.3 is 15.8 Å². The SMILES string of the molecule is NC(=O)OCCNC1C2CC3CC(C2)CC1C3. The molecule has 0 heterocycles. The minimum absolute atomic E-state index is 0.401. The smallest absolute Gasteiger partial charge is 0.404 e. The molecule has 1 amide bonds. The van der Waals surface area contributed by atoms with Gasteiger partial charge in [-0.2, -0.15) is 0 Å². The van der Waals surface area contributed by atoms with Crippen LogP contribution in [0.2, 0.25) is 0 Å². The number of carbonyl (C=O) groups is 1. The summed E-state index contributed by atoms with van der Waals surface area (Å²) in [6, 6.07) is 0.666. The lowest BCUT2D eigenvalue weighted by Gasteiger charge is -2.54. The molecule has 4 bridgehead atoms. The average Bonchev–Trinajstić information content (AvgIpc) is 2.25. The predicted molar refractivity (Wildman–Crippen MR) is 64.4 cm³/mol. The van der Waals surface area contributed by atoms with E-state index in [1.165, 1.54) is 32.1 Å². The normalized spacial score (nSPS) is 42.7. The molecule has 4 fully saturated rings. The first-order valence-electron chi connectivity index (χ1n) is 6.88. The van der Waals surface area contributed by atoms with Crippen LogP contribution in [-0.4, -0.2) is 25.3 Å². The van der Waals surface area contributed by atoms with Gasteiger partial charge in [0.05, 0.1) is 0 Å². The molecule has 96 valence electrons. The molecule has 0 atom stereocenters. The number of nitrogens with two attached hydrogens (primary N) is 1. The Bertz CT molecular complexity index is 278. The Labute approximate surface area is 102 Å². The Balaban J connectivity index is 1.49. The van der Waals surface area contributed by atoms with E-state index in [0.29, 0.717) is 12.6 Å². The zero-order chi connectivity index (χ0) is 11.8. The summed E-state index contributed by atoms with van der Waals surface area (Å²) >= 11 is 0. The van der Waals surface area contributed by atoms with Crippen LogP contribution in [0.4, 0.5) is 4.79 Å². The van der Waals surface area contributed by atoms with Crippen molar-refractivity contribution in [3.63, 3.8) is 0 Å². The number of rotatable bonds is 4. The highest BCUT2D eigenvalue weighted by atomic mass is 16.5. The lowest BCUT2D eigenvalue weighted by molar-refractivity contribution is -0.0148. The van der Waals surface area contributed by atoms with Gasteiger partial charge in [-0.3, -0.25) is 0 Å². The molecule has 4 aliphatic rings. The summed E-state index contributed by atoms with van der Waals surface area (Å²) in [7, 11) is 0. The highest BCUT2D eigenvalue weighted by Gasteiger charge is 2.47. The zero-order valence-corrected chi connectivity index (χ0v) is 10.2. The molecular formula is C13H22N2O2. The van der Waals surface area contributed by atoms with Crippen LogP contribution >= 0.6 is 0 Å². The fourth-order valence-corrected chi connectivity index (χ4v) is 4.64. The molecule has 0 saturated heterocycles. The topological polar surface area (TPSA) is 64.4 Å². The fraction of sp³-hybridized carbons (Fsp3) is 0.923. The van der Waals surface area contributed by atoms with E-state index < -0.39 is 6.09 Å². The molecule has 4 aliphatic carbocycles. The van der Waals surface area contributed by atoms with Gasteiger partial charge in [0.25, 0.3) is 0 Å². The van der Waals surface area contributed by atoms with Crippen molar-refractivity contribution in [2.24, 2.45) is 29.4 Å². The number of hydrogen-bond donors (Lipinski definition) is 2. The third-order valence-corrected chi connectivity index (χ3v) is 4.95. The maximum Gasteiger partial charge on any atom is 0.404 e. The number of carbonyl (C=O) groups excluding carboxylic acids is 1. The lowest BCUT2D eigenvalue weighted by atomic mass is 9.54. The monoisotopic (exact) mass is 238 g/mol. The van der Waals surface area contributed by atoms with Gasteiger partial charge in [-0.1, -0.05) is 0 Å². The summed E-state index contributed by atoms with van der Waals surface area (Å²) in [4.78, 5) is 10.5. The van der Waals surface area contributed by atoms with E-state index in [9.17, 15) is 4.79 Å². The largest absolute Gasteiger partial charge is 0.448 e. The molecule has 0 unspecified atom stereocenters. The predicted octanol–water partition coefficient (Wildman–Crippen LogP) is 1.50. The Morgan fingerprint density at radius 3 is 2.24 bits per heavy atom. The summed E-state index contributed by atoms with van der Waals surface area (Å²) in [5, 5.41) is 3.59. The minimum Gasteiger partial charge on any atom is -0.448 e. The third kappa shape index (κ3) is 2.28. The van der Waals surface area contributed by atoms with E-state index in [1.807, 2.05) is 0 Å². The molecule has 0 aromatic heterocycles. The maximum absolute atomic E-state index is 10.5. The first-order valence-corrected chi connectivity index (χ1v) is 6.88. The minimum atomic E-state index is -0.670. The van der Waals surface area contributed by atoms with Gasteiger partial charge in [0.1, 0.15) is 6.61 Å². The van der Waals surface area contributed by atoms with E-state index in [0.717, 1.165) is 30.2 Å². The second-order valence-corrected chi connectivity index (χ2v) is 6.08. The summed E-state index contributed by atoms with van der Waals surface area (Å²) in [5.41, 5.74) is 4.94. The van der Waals surface area contributed by atoms with Gasteiger partial charge in [0, 0.05) is 12.6 Å². The molecule has 3 N–H and O–H groups in total. The van der Waals surface area contributed by atoms with Crippen molar-refractivity contribution in [1.29, 1.82) is 0 Å². The van der Waals surface area contributed by atoms with Crippen molar-refractivity contribution in [1.82, 2.24) is 5.32 Å². The van der Waals surface area contributed by atoms with Crippen molar-refractivity contribution >= 4 is 6.09 Å². The second kappa shape index (κ2) is 4.48. The van der Waals surface area contributed by atoms with Crippen LogP contribution in [0.5, 0.6) is 0 Å². The first-order chi connectivity index (χ1) is 8.22. The van der Waals surface area contributed by atoms with Gasteiger partial charge in [0.15, 0.2) is 0 Å². The van der Waals surface area contributed by atoms with Crippen LogP contribution in [0.1, 0.15) is 32.1 Å². The molecule has 4 saturated carbocycles. The van der Waals surface area contributed by atoms with Crippen molar-refractivity contribution in [2.45, 2.75) is 38.1 Å². The summed E-state index contributed by atoms with van der Waals surface area (Å²) in [5.74, 6) is 3.77. The van der Waals surface area contributed by atoms with Gasteiger partial charge in [0.2, 0.25) is 0 Å². The maximum atomic E-state index is 10.5. The highest BCUT2D eigenvalue weighted by molar-refractivity contribution is 5.64. The number of hydrogen-bond acceptors (Lipinski definition) is 3. The molecule has 4 nitrogen and oxygen atoms in total. The summed E-state index contributed by atoms with van der Waals surface area (Å²) in [6.07, 6.45) is 6.49. The molecule has 4 rings (SSSR count). The number of ether oxygens (including phenoxy) is 1. The molecule has 0 spiro atoms. The number of primary amides is 1. The molecule has 0 radical (unpaired) electrons. The first kappa shape index (κ1) is 11.3. The number of amides is 1. The quantitative estimate of drug-likeness (QED) is 0.729. The van der Waals surface area contributed by atoms with Crippen LogP contribution in [0, 0.1) is 23.7 Å².